The van der Waals surface area contributed by atoms with Crippen LogP contribution in [0.15, 0.2) is 24.3 Å². The second kappa shape index (κ2) is 8.89. The molecule has 3 atom stereocenters. The first-order chi connectivity index (χ1) is 10.2. The fourth-order valence-electron chi connectivity index (χ4n) is 2.63. The predicted octanol–water partition coefficient (Wildman–Crippen LogP) is 3.34. The van der Waals surface area contributed by atoms with Gasteiger partial charge in [0.05, 0.1) is 0 Å². The van der Waals surface area contributed by atoms with E-state index in [2.05, 4.69) is 11.6 Å². The summed E-state index contributed by atoms with van der Waals surface area (Å²) in [5.74, 6) is 0.735. The lowest BCUT2D eigenvalue weighted by molar-refractivity contribution is 0.102. The SMILES string of the molecule is CSC1CCCC(NCC(O)COc2ccc(Cl)cc2)C1. The Bertz CT molecular complexity index is 415. The van der Waals surface area contributed by atoms with Gasteiger partial charge in [0.25, 0.3) is 0 Å². The highest BCUT2D eigenvalue weighted by molar-refractivity contribution is 7.99. The minimum Gasteiger partial charge on any atom is -0.491 e. The number of thioether (sulfide) groups is 1. The molecule has 0 saturated heterocycles. The summed E-state index contributed by atoms with van der Waals surface area (Å²) in [6.07, 6.45) is 6.70. The standard InChI is InChI=1S/C16H24ClNO2S/c1-21-16-4-2-3-13(9-16)18-10-14(19)11-20-15-7-5-12(17)6-8-15/h5-8,13-14,16,18-19H,2-4,9-11H2,1H3. The number of aliphatic hydroxyl groups excluding tert-OH is 1. The molecule has 0 radical (unpaired) electrons. The van der Waals surface area contributed by atoms with Crippen molar-refractivity contribution in [3.8, 4) is 5.75 Å². The van der Waals surface area contributed by atoms with Crippen molar-refractivity contribution < 1.29 is 9.84 Å². The van der Waals surface area contributed by atoms with Gasteiger partial charge in [-0.1, -0.05) is 18.0 Å². The van der Waals surface area contributed by atoms with Gasteiger partial charge < -0.3 is 15.2 Å². The highest BCUT2D eigenvalue weighted by Crippen LogP contribution is 2.26. The van der Waals surface area contributed by atoms with Gasteiger partial charge in [-0.25, -0.2) is 0 Å². The Kier molecular flexibility index (Phi) is 7.17. The van der Waals surface area contributed by atoms with Crippen LogP contribution in [0.4, 0.5) is 0 Å². The molecule has 21 heavy (non-hydrogen) atoms. The molecule has 1 aliphatic rings. The van der Waals surface area contributed by atoms with E-state index in [-0.39, 0.29) is 0 Å². The fourth-order valence-corrected chi connectivity index (χ4v) is 3.58. The summed E-state index contributed by atoms with van der Waals surface area (Å²) < 4.78 is 5.55. The quantitative estimate of drug-likeness (QED) is 0.805. The molecule has 0 amide bonds. The number of halogens is 1. The molecule has 0 heterocycles. The highest BCUT2D eigenvalue weighted by Gasteiger charge is 2.21. The maximum Gasteiger partial charge on any atom is 0.119 e. The Morgan fingerprint density at radius 3 is 2.86 bits per heavy atom. The van der Waals surface area contributed by atoms with Crippen LogP contribution in [0.5, 0.6) is 5.75 Å². The zero-order valence-corrected chi connectivity index (χ0v) is 14.0. The Morgan fingerprint density at radius 2 is 2.14 bits per heavy atom. The molecule has 5 heteroatoms. The molecule has 2 N–H and O–H groups in total. The first-order valence-corrected chi connectivity index (χ1v) is 9.16. The van der Waals surface area contributed by atoms with E-state index in [1.165, 1.54) is 25.7 Å². The van der Waals surface area contributed by atoms with Crippen molar-refractivity contribution in [1.82, 2.24) is 5.32 Å². The number of nitrogens with one attached hydrogen (secondary N) is 1. The van der Waals surface area contributed by atoms with E-state index < -0.39 is 6.10 Å². The Labute approximate surface area is 136 Å². The van der Waals surface area contributed by atoms with Crippen molar-refractivity contribution in [1.29, 1.82) is 0 Å². The number of aliphatic hydroxyl groups is 1. The fraction of sp³-hybridized carbons (Fsp3) is 0.625. The molecule has 1 aliphatic carbocycles. The number of benzene rings is 1. The maximum atomic E-state index is 10.0. The molecular weight excluding hydrogens is 306 g/mol. The molecule has 1 aromatic rings. The lowest BCUT2D eigenvalue weighted by atomic mass is 9.95. The van der Waals surface area contributed by atoms with Crippen molar-refractivity contribution in [2.75, 3.05) is 19.4 Å². The monoisotopic (exact) mass is 329 g/mol. The molecule has 1 fully saturated rings. The van der Waals surface area contributed by atoms with E-state index in [4.69, 9.17) is 16.3 Å². The molecule has 1 saturated carbocycles. The number of rotatable bonds is 7. The summed E-state index contributed by atoms with van der Waals surface area (Å²) in [5, 5.41) is 14.9. The second-order valence-corrected chi connectivity index (χ2v) is 7.12. The van der Waals surface area contributed by atoms with E-state index in [1.54, 1.807) is 12.1 Å². The highest BCUT2D eigenvalue weighted by atomic mass is 35.5. The van der Waals surface area contributed by atoms with Crippen LogP contribution in [0.1, 0.15) is 25.7 Å². The first kappa shape index (κ1) is 16.9. The number of hydrogen-bond acceptors (Lipinski definition) is 4. The van der Waals surface area contributed by atoms with Crippen LogP contribution in [0, 0.1) is 0 Å². The summed E-state index contributed by atoms with van der Waals surface area (Å²) >= 11 is 7.77. The molecule has 3 unspecified atom stereocenters. The van der Waals surface area contributed by atoms with Crippen LogP contribution in [0.2, 0.25) is 5.02 Å². The van der Waals surface area contributed by atoms with Crippen LogP contribution in [0.3, 0.4) is 0 Å². The normalized spacial score (nSPS) is 23.8. The van der Waals surface area contributed by atoms with E-state index in [0.29, 0.717) is 24.2 Å². The van der Waals surface area contributed by atoms with Gasteiger partial charge >= 0.3 is 0 Å². The molecule has 0 bridgehead atoms. The molecule has 118 valence electrons. The molecule has 0 spiro atoms. The van der Waals surface area contributed by atoms with Crippen molar-refractivity contribution in [2.24, 2.45) is 0 Å². The van der Waals surface area contributed by atoms with Crippen molar-refractivity contribution >= 4 is 23.4 Å². The van der Waals surface area contributed by atoms with Gasteiger partial charge in [0.15, 0.2) is 0 Å². The van der Waals surface area contributed by atoms with Crippen molar-refractivity contribution in [3.05, 3.63) is 29.3 Å². The van der Waals surface area contributed by atoms with Gasteiger partial charge in [-0.05, 0) is 49.8 Å². The minimum atomic E-state index is -0.490. The van der Waals surface area contributed by atoms with Gasteiger partial charge in [-0.2, -0.15) is 11.8 Å². The zero-order chi connectivity index (χ0) is 15.1. The smallest absolute Gasteiger partial charge is 0.119 e. The van der Waals surface area contributed by atoms with Crippen molar-refractivity contribution in [3.63, 3.8) is 0 Å². The zero-order valence-electron chi connectivity index (χ0n) is 12.4. The Balaban J connectivity index is 1.65. The summed E-state index contributed by atoms with van der Waals surface area (Å²) in [5.41, 5.74) is 0. The van der Waals surface area contributed by atoms with Gasteiger partial charge in [0.1, 0.15) is 18.5 Å². The van der Waals surface area contributed by atoms with Crippen molar-refractivity contribution in [2.45, 2.75) is 43.1 Å². The molecular formula is C16H24ClNO2S. The summed E-state index contributed by atoms with van der Waals surface area (Å²) in [7, 11) is 0. The lowest BCUT2D eigenvalue weighted by Crippen LogP contribution is -2.41. The Hall–Kier alpha value is -0.420. The summed E-state index contributed by atoms with van der Waals surface area (Å²) in [4.78, 5) is 0. The molecule has 1 aromatic carbocycles. The van der Waals surface area contributed by atoms with Gasteiger partial charge in [0.2, 0.25) is 0 Å². The van der Waals surface area contributed by atoms with Crippen LogP contribution >= 0.6 is 23.4 Å². The van der Waals surface area contributed by atoms with Crippen LogP contribution in [-0.2, 0) is 0 Å². The third kappa shape index (κ3) is 6.07. The number of ether oxygens (including phenoxy) is 1. The van der Waals surface area contributed by atoms with Gasteiger partial charge in [0, 0.05) is 22.9 Å². The maximum absolute atomic E-state index is 10.0. The van der Waals surface area contributed by atoms with Crippen LogP contribution in [0.25, 0.3) is 0 Å². The van der Waals surface area contributed by atoms with Gasteiger partial charge in [-0.15, -0.1) is 0 Å². The molecule has 0 aliphatic heterocycles. The molecule has 0 aromatic heterocycles. The molecule has 2 rings (SSSR count). The lowest BCUT2D eigenvalue weighted by Gasteiger charge is -2.29. The molecule has 3 nitrogen and oxygen atoms in total. The van der Waals surface area contributed by atoms with E-state index in [9.17, 15) is 5.11 Å². The Morgan fingerprint density at radius 1 is 1.38 bits per heavy atom. The average Bonchev–Trinajstić information content (AvgIpc) is 2.52. The topological polar surface area (TPSA) is 41.5 Å². The van der Waals surface area contributed by atoms with Crippen LogP contribution < -0.4 is 10.1 Å². The predicted molar refractivity (Wildman–Crippen MR) is 90.5 cm³/mol. The first-order valence-electron chi connectivity index (χ1n) is 7.50. The van der Waals surface area contributed by atoms with E-state index in [1.807, 2.05) is 23.9 Å². The average molecular weight is 330 g/mol. The van der Waals surface area contributed by atoms with E-state index >= 15 is 0 Å². The van der Waals surface area contributed by atoms with E-state index in [0.717, 1.165) is 11.0 Å². The summed E-state index contributed by atoms with van der Waals surface area (Å²) in [6.45, 7) is 0.882. The van der Waals surface area contributed by atoms with Crippen LogP contribution in [-0.4, -0.2) is 41.9 Å². The number of hydrogen-bond donors (Lipinski definition) is 2. The summed E-state index contributed by atoms with van der Waals surface area (Å²) in [6, 6.07) is 7.72. The van der Waals surface area contributed by atoms with Gasteiger partial charge in [-0.3, -0.25) is 0 Å². The third-order valence-electron chi connectivity index (χ3n) is 3.86. The third-order valence-corrected chi connectivity index (χ3v) is 5.20. The largest absolute Gasteiger partial charge is 0.491 e. The minimum absolute atomic E-state index is 0.299. The second-order valence-electron chi connectivity index (χ2n) is 5.55.